The van der Waals surface area contributed by atoms with Gasteiger partial charge in [-0.25, -0.2) is 4.98 Å². The van der Waals surface area contributed by atoms with Crippen LogP contribution in [-0.2, 0) is 6.54 Å². The number of aromatic nitrogens is 2. The van der Waals surface area contributed by atoms with Crippen molar-refractivity contribution in [1.29, 1.82) is 0 Å². The Bertz CT molecular complexity index is 1120. The van der Waals surface area contributed by atoms with Crippen LogP contribution >= 0.6 is 11.3 Å². The number of fused-ring (bicyclic) bond motifs is 2. The highest BCUT2D eigenvalue weighted by atomic mass is 32.1. The summed E-state index contributed by atoms with van der Waals surface area (Å²) in [5.41, 5.74) is 3.21. The molecular weight excluding hydrogens is 360 g/mol. The zero-order chi connectivity index (χ0) is 19.1. The number of rotatable bonds is 4. The molecule has 0 amide bonds. The standard InChI is InChI=1S/C21H22N2O3S/c1-5-26-17-11-14(6-7-16(17)25-4)10-15-8-9-23-19(15)22-20-18(21(23)24)12(2)13(3)27-20/h6-7,10-11H,5,8-9H2,1-4H3/b15-10+. The molecular formula is C21H22N2O3S. The number of hydrogen-bond donors (Lipinski definition) is 0. The van der Waals surface area contributed by atoms with Crippen molar-refractivity contribution in [2.45, 2.75) is 33.7 Å². The molecule has 0 radical (unpaired) electrons. The molecule has 0 spiro atoms. The van der Waals surface area contributed by atoms with E-state index in [0.717, 1.165) is 49.8 Å². The van der Waals surface area contributed by atoms with E-state index in [0.29, 0.717) is 18.9 Å². The topological polar surface area (TPSA) is 53.4 Å². The van der Waals surface area contributed by atoms with Gasteiger partial charge in [0.05, 0.1) is 19.1 Å². The third-order valence-corrected chi connectivity index (χ3v) is 6.11. The minimum absolute atomic E-state index is 0.0741. The van der Waals surface area contributed by atoms with Crippen LogP contribution in [0.1, 0.15) is 35.2 Å². The molecule has 140 valence electrons. The molecule has 1 aromatic carbocycles. The lowest BCUT2D eigenvalue weighted by Crippen LogP contribution is -2.20. The Balaban J connectivity index is 1.82. The third-order valence-electron chi connectivity index (χ3n) is 5.01. The smallest absolute Gasteiger partial charge is 0.262 e. The van der Waals surface area contributed by atoms with Gasteiger partial charge in [0.25, 0.3) is 5.56 Å². The molecule has 5 nitrogen and oxygen atoms in total. The highest BCUT2D eigenvalue weighted by Crippen LogP contribution is 2.34. The van der Waals surface area contributed by atoms with Crippen molar-refractivity contribution in [3.8, 4) is 11.5 Å². The van der Waals surface area contributed by atoms with E-state index >= 15 is 0 Å². The summed E-state index contributed by atoms with van der Waals surface area (Å²) in [6, 6.07) is 5.86. The third kappa shape index (κ3) is 2.94. The predicted octanol–water partition coefficient (Wildman–Crippen LogP) is 4.43. The van der Waals surface area contributed by atoms with Crippen molar-refractivity contribution < 1.29 is 9.47 Å². The maximum absolute atomic E-state index is 12.9. The number of hydrogen-bond acceptors (Lipinski definition) is 5. The van der Waals surface area contributed by atoms with E-state index in [1.807, 2.05) is 39.0 Å². The van der Waals surface area contributed by atoms with Crippen LogP contribution in [0.2, 0.25) is 0 Å². The number of allylic oxidation sites excluding steroid dienone is 1. The van der Waals surface area contributed by atoms with Gasteiger partial charge in [-0.3, -0.25) is 9.36 Å². The zero-order valence-electron chi connectivity index (χ0n) is 16.0. The minimum Gasteiger partial charge on any atom is -0.493 e. The predicted molar refractivity (Wildman–Crippen MR) is 110 cm³/mol. The second-order valence-electron chi connectivity index (χ2n) is 6.62. The summed E-state index contributed by atoms with van der Waals surface area (Å²) in [5, 5.41) is 0.769. The highest BCUT2D eigenvalue weighted by Gasteiger charge is 2.23. The van der Waals surface area contributed by atoms with Gasteiger partial charge in [0, 0.05) is 11.4 Å². The molecule has 0 unspecified atom stereocenters. The molecule has 0 fully saturated rings. The van der Waals surface area contributed by atoms with E-state index in [-0.39, 0.29) is 5.56 Å². The van der Waals surface area contributed by atoms with Gasteiger partial charge < -0.3 is 9.47 Å². The van der Waals surface area contributed by atoms with Gasteiger partial charge in [-0.05, 0) is 62.1 Å². The Hall–Kier alpha value is -2.60. The van der Waals surface area contributed by atoms with Gasteiger partial charge in [0.2, 0.25) is 0 Å². The Kier molecular flexibility index (Phi) is 4.52. The molecule has 3 heterocycles. The van der Waals surface area contributed by atoms with Gasteiger partial charge in [-0.1, -0.05) is 6.07 Å². The second-order valence-corrected chi connectivity index (χ2v) is 7.82. The number of ether oxygens (including phenoxy) is 2. The number of benzene rings is 1. The average Bonchev–Trinajstić information content (AvgIpc) is 3.17. The summed E-state index contributed by atoms with van der Waals surface area (Å²) in [5.74, 6) is 2.21. The molecule has 3 aromatic rings. The van der Waals surface area contributed by atoms with Crippen LogP contribution in [0.4, 0.5) is 0 Å². The first-order valence-electron chi connectivity index (χ1n) is 9.05. The van der Waals surface area contributed by atoms with Crippen molar-refractivity contribution in [2.75, 3.05) is 13.7 Å². The van der Waals surface area contributed by atoms with Crippen molar-refractivity contribution in [1.82, 2.24) is 9.55 Å². The largest absolute Gasteiger partial charge is 0.493 e. The van der Waals surface area contributed by atoms with Crippen LogP contribution < -0.4 is 15.0 Å². The lowest BCUT2D eigenvalue weighted by Gasteiger charge is -2.10. The van der Waals surface area contributed by atoms with E-state index in [4.69, 9.17) is 14.5 Å². The number of thiophene rings is 1. The Morgan fingerprint density at radius 2 is 2.11 bits per heavy atom. The SMILES string of the molecule is CCOc1cc(/C=C2\CCn3c2nc2sc(C)c(C)c2c3=O)ccc1OC. The van der Waals surface area contributed by atoms with Gasteiger partial charge in [0.15, 0.2) is 11.5 Å². The van der Waals surface area contributed by atoms with Crippen molar-refractivity contribution in [3.63, 3.8) is 0 Å². The van der Waals surface area contributed by atoms with Crippen LogP contribution in [0.15, 0.2) is 23.0 Å². The maximum atomic E-state index is 12.9. The highest BCUT2D eigenvalue weighted by molar-refractivity contribution is 7.18. The van der Waals surface area contributed by atoms with Crippen LogP contribution in [0, 0.1) is 13.8 Å². The molecule has 0 saturated heterocycles. The first-order chi connectivity index (χ1) is 13.0. The average molecular weight is 382 g/mol. The molecule has 4 rings (SSSR count). The van der Waals surface area contributed by atoms with Crippen LogP contribution in [0.5, 0.6) is 11.5 Å². The summed E-state index contributed by atoms with van der Waals surface area (Å²) in [6.07, 6.45) is 2.89. The molecule has 6 heteroatoms. The molecule has 0 N–H and O–H groups in total. The fourth-order valence-corrected chi connectivity index (χ4v) is 4.53. The Morgan fingerprint density at radius 1 is 1.30 bits per heavy atom. The lowest BCUT2D eigenvalue weighted by atomic mass is 10.1. The molecule has 2 aromatic heterocycles. The summed E-state index contributed by atoms with van der Waals surface area (Å²) >= 11 is 1.59. The Morgan fingerprint density at radius 3 is 2.85 bits per heavy atom. The van der Waals surface area contributed by atoms with Gasteiger partial charge in [0.1, 0.15) is 10.7 Å². The maximum Gasteiger partial charge on any atom is 0.262 e. The molecule has 1 aliphatic rings. The first kappa shape index (κ1) is 17.8. The number of methoxy groups -OCH3 is 1. The van der Waals surface area contributed by atoms with Crippen LogP contribution in [0.3, 0.4) is 0 Å². The van der Waals surface area contributed by atoms with Crippen molar-refractivity contribution >= 4 is 33.2 Å². The minimum atomic E-state index is 0.0741. The monoisotopic (exact) mass is 382 g/mol. The van der Waals surface area contributed by atoms with E-state index in [1.54, 1.807) is 23.0 Å². The van der Waals surface area contributed by atoms with Crippen molar-refractivity contribution in [2.24, 2.45) is 0 Å². The summed E-state index contributed by atoms with van der Waals surface area (Å²) in [6.45, 7) is 7.24. The van der Waals surface area contributed by atoms with E-state index < -0.39 is 0 Å². The molecule has 0 bridgehead atoms. The fraction of sp³-hybridized carbons (Fsp3) is 0.333. The number of nitrogens with zero attached hydrogens (tertiary/aromatic N) is 2. The van der Waals surface area contributed by atoms with E-state index in [1.165, 1.54) is 0 Å². The van der Waals surface area contributed by atoms with E-state index in [2.05, 4.69) is 6.08 Å². The Labute approximate surface area is 161 Å². The fourth-order valence-electron chi connectivity index (χ4n) is 3.51. The van der Waals surface area contributed by atoms with Crippen LogP contribution in [0.25, 0.3) is 21.9 Å². The molecule has 27 heavy (non-hydrogen) atoms. The van der Waals surface area contributed by atoms with E-state index in [9.17, 15) is 4.79 Å². The van der Waals surface area contributed by atoms with Gasteiger partial charge in [-0.2, -0.15) is 0 Å². The normalized spacial score (nSPS) is 14.7. The van der Waals surface area contributed by atoms with Gasteiger partial charge in [-0.15, -0.1) is 11.3 Å². The second kappa shape index (κ2) is 6.85. The van der Waals surface area contributed by atoms with Crippen molar-refractivity contribution in [3.05, 3.63) is 50.4 Å². The number of aryl methyl sites for hydroxylation is 2. The zero-order valence-corrected chi connectivity index (χ0v) is 16.8. The van der Waals surface area contributed by atoms with Gasteiger partial charge >= 0.3 is 0 Å². The molecule has 0 atom stereocenters. The quantitative estimate of drug-likeness (QED) is 0.670. The summed E-state index contributed by atoms with van der Waals surface area (Å²) < 4.78 is 12.8. The lowest BCUT2D eigenvalue weighted by molar-refractivity contribution is 0.311. The van der Waals surface area contributed by atoms with Crippen LogP contribution in [-0.4, -0.2) is 23.3 Å². The molecule has 0 saturated carbocycles. The molecule has 0 aliphatic carbocycles. The summed E-state index contributed by atoms with van der Waals surface area (Å²) in [4.78, 5) is 19.8. The summed E-state index contributed by atoms with van der Waals surface area (Å²) in [7, 11) is 1.63. The molecule has 1 aliphatic heterocycles. The first-order valence-corrected chi connectivity index (χ1v) is 9.87.